The van der Waals surface area contributed by atoms with E-state index in [1.165, 1.54) is 11.8 Å². The van der Waals surface area contributed by atoms with Gasteiger partial charge in [-0.2, -0.15) is 0 Å². The number of nitrogens with one attached hydrogen (secondary N) is 1. The van der Waals surface area contributed by atoms with Crippen LogP contribution in [0.4, 0.5) is 0 Å². The van der Waals surface area contributed by atoms with Crippen LogP contribution in [0.2, 0.25) is 0 Å². The molecule has 0 unspecified atom stereocenters. The Morgan fingerprint density at radius 3 is 2.63 bits per heavy atom. The molecule has 4 aromatic rings. The van der Waals surface area contributed by atoms with Crippen LogP contribution in [-0.4, -0.2) is 31.4 Å². The Bertz CT molecular complexity index is 1120. The summed E-state index contributed by atoms with van der Waals surface area (Å²) < 4.78 is 7.19. The molecule has 3 aromatic heterocycles. The average Bonchev–Trinajstić information content (AvgIpc) is 3.40. The van der Waals surface area contributed by atoms with E-state index in [1.54, 1.807) is 18.5 Å². The highest BCUT2D eigenvalue weighted by Crippen LogP contribution is 2.28. The van der Waals surface area contributed by atoms with Gasteiger partial charge >= 0.3 is 0 Å². The number of aromatic nitrogens is 4. The summed E-state index contributed by atoms with van der Waals surface area (Å²) >= 11 is 1.33. The fourth-order valence-corrected chi connectivity index (χ4v) is 3.90. The number of carbonyl (C=O) groups is 1. The van der Waals surface area contributed by atoms with Gasteiger partial charge in [-0.25, -0.2) is 0 Å². The van der Waals surface area contributed by atoms with Crippen LogP contribution in [0, 0.1) is 13.8 Å². The molecule has 0 fully saturated rings. The summed E-state index contributed by atoms with van der Waals surface area (Å²) in [7, 11) is 0. The largest absolute Gasteiger partial charge is 0.467 e. The van der Waals surface area contributed by atoms with Gasteiger partial charge in [0, 0.05) is 6.20 Å². The Morgan fingerprint density at radius 2 is 1.93 bits per heavy atom. The van der Waals surface area contributed by atoms with E-state index >= 15 is 0 Å². The van der Waals surface area contributed by atoms with Crippen LogP contribution >= 0.6 is 11.8 Å². The summed E-state index contributed by atoms with van der Waals surface area (Å²) in [5.74, 6) is 1.46. The SMILES string of the molecule is Cc1cc(C)cc(-n2c(SCC(=O)NCc3ccco3)nnc2-c2ccccn2)c1. The Hall–Kier alpha value is -3.39. The minimum Gasteiger partial charge on any atom is -0.467 e. The Kier molecular flexibility index (Phi) is 5.94. The number of aryl methyl sites for hydroxylation is 2. The maximum absolute atomic E-state index is 12.3. The molecule has 152 valence electrons. The minimum atomic E-state index is -0.106. The third-order valence-corrected chi connectivity index (χ3v) is 5.29. The molecule has 1 aromatic carbocycles. The van der Waals surface area contributed by atoms with Crippen LogP contribution in [0.25, 0.3) is 17.2 Å². The monoisotopic (exact) mass is 419 g/mol. The normalized spacial score (nSPS) is 10.9. The van der Waals surface area contributed by atoms with Gasteiger partial charge in [-0.1, -0.05) is 23.9 Å². The molecule has 8 heteroatoms. The van der Waals surface area contributed by atoms with Crippen molar-refractivity contribution < 1.29 is 9.21 Å². The first kappa shape index (κ1) is 19.9. The maximum atomic E-state index is 12.3. The molecule has 0 aliphatic rings. The molecule has 7 nitrogen and oxygen atoms in total. The van der Waals surface area contributed by atoms with E-state index in [9.17, 15) is 4.79 Å². The van der Waals surface area contributed by atoms with E-state index in [1.807, 2.05) is 28.8 Å². The first-order chi connectivity index (χ1) is 14.6. The van der Waals surface area contributed by atoms with Crippen LogP contribution < -0.4 is 5.32 Å². The molecule has 0 bridgehead atoms. The predicted octanol–water partition coefficient (Wildman–Crippen LogP) is 3.95. The lowest BCUT2D eigenvalue weighted by molar-refractivity contribution is -0.118. The van der Waals surface area contributed by atoms with Crippen molar-refractivity contribution in [3.8, 4) is 17.2 Å². The zero-order valence-corrected chi connectivity index (χ0v) is 17.5. The van der Waals surface area contributed by atoms with Gasteiger partial charge in [-0.05, 0) is 61.4 Å². The number of benzene rings is 1. The Labute approximate surface area is 178 Å². The lowest BCUT2D eigenvalue weighted by Crippen LogP contribution is -2.24. The summed E-state index contributed by atoms with van der Waals surface area (Å²) in [6.07, 6.45) is 3.31. The molecule has 1 amide bonds. The van der Waals surface area contributed by atoms with Gasteiger partial charge in [0.25, 0.3) is 0 Å². The first-order valence-electron chi connectivity index (χ1n) is 9.47. The first-order valence-corrected chi connectivity index (χ1v) is 10.5. The van der Waals surface area contributed by atoms with Crippen molar-refractivity contribution in [3.63, 3.8) is 0 Å². The van der Waals surface area contributed by atoms with E-state index in [2.05, 4.69) is 52.5 Å². The van der Waals surface area contributed by atoms with Crippen LogP contribution in [-0.2, 0) is 11.3 Å². The quantitative estimate of drug-likeness (QED) is 0.457. The molecule has 0 saturated heterocycles. The summed E-state index contributed by atoms with van der Waals surface area (Å²) in [6.45, 7) is 4.46. The zero-order chi connectivity index (χ0) is 20.9. The van der Waals surface area contributed by atoms with E-state index in [0.717, 1.165) is 22.5 Å². The molecule has 0 atom stereocenters. The summed E-state index contributed by atoms with van der Waals surface area (Å²) in [4.78, 5) is 16.7. The highest BCUT2D eigenvalue weighted by atomic mass is 32.2. The number of hydrogen-bond donors (Lipinski definition) is 1. The Balaban J connectivity index is 1.59. The Morgan fingerprint density at radius 1 is 1.10 bits per heavy atom. The van der Waals surface area contributed by atoms with Gasteiger partial charge in [0.05, 0.1) is 24.2 Å². The van der Waals surface area contributed by atoms with Crippen molar-refractivity contribution in [2.24, 2.45) is 0 Å². The van der Waals surface area contributed by atoms with Gasteiger partial charge in [0.15, 0.2) is 11.0 Å². The average molecular weight is 420 g/mol. The fraction of sp³-hybridized carbons (Fsp3) is 0.182. The number of rotatable bonds is 7. The number of amides is 1. The second-order valence-corrected chi connectivity index (χ2v) is 7.79. The molecule has 30 heavy (non-hydrogen) atoms. The molecule has 0 aliphatic carbocycles. The van der Waals surface area contributed by atoms with Crippen LogP contribution in [0.3, 0.4) is 0 Å². The van der Waals surface area contributed by atoms with Gasteiger partial charge in [-0.3, -0.25) is 14.3 Å². The van der Waals surface area contributed by atoms with Gasteiger partial charge in [0.1, 0.15) is 11.5 Å². The molecule has 0 spiro atoms. The zero-order valence-electron chi connectivity index (χ0n) is 16.7. The summed E-state index contributed by atoms with van der Waals surface area (Å²) in [5.41, 5.74) is 3.94. The minimum absolute atomic E-state index is 0.106. The highest BCUT2D eigenvalue weighted by molar-refractivity contribution is 7.99. The van der Waals surface area contributed by atoms with Crippen LogP contribution in [0.5, 0.6) is 0 Å². The second kappa shape index (κ2) is 8.96. The van der Waals surface area contributed by atoms with Crippen molar-refractivity contribution in [2.45, 2.75) is 25.5 Å². The smallest absolute Gasteiger partial charge is 0.230 e. The summed E-state index contributed by atoms with van der Waals surface area (Å²) in [6, 6.07) is 15.5. The number of pyridine rings is 1. The standard InChI is InChI=1S/C22H21N5O2S/c1-15-10-16(2)12-17(11-15)27-21(19-7-3-4-8-23-19)25-26-22(27)30-14-20(28)24-13-18-6-5-9-29-18/h3-12H,13-14H2,1-2H3,(H,24,28). The number of hydrogen-bond acceptors (Lipinski definition) is 6. The molecule has 1 N–H and O–H groups in total. The molecule has 0 aliphatic heterocycles. The maximum Gasteiger partial charge on any atom is 0.230 e. The molecule has 4 rings (SSSR count). The fourth-order valence-electron chi connectivity index (χ4n) is 3.12. The van der Waals surface area contributed by atoms with E-state index in [0.29, 0.717) is 23.3 Å². The third-order valence-electron chi connectivity index (χ3n) is 4.36. The number of furan rings is 1. The van der Waals surface area contributed by atoms with Crippen molar-refractivity contribution >= 4 is 17.7 Å². The van der Waals surface area contributed by atoms with Crippen molar-refractivity contribution in [1.29, 1.82) is 0 Å². The van der Waals surface area contributed by atoms with Gasteiger partial charge < -0.3 is 9.73 Å². The molecule has 0 saturated carbocycles. The third kappa shape index (κ3) is 4.60. The molecule has 3 heterocycles. The van der Waals surface area contributed by atoms with Crippen molar-refractivity contribution in [1.82, 2.24) is 25.1 Å². The van der Waals surface area contributed by atoms with E-state index in [-0.39, 0.29) is 11.7 Å². The van der Waals surface area contributed by atoms with E-state index < -0.39 is 0 Å². The van der Waals surface area contributed by atoms with Crippen LogP contribution in [0.1, 0.15) is 16.9 Å². The topological polar surface area (TPSA) is 85.8 Å². The lowest BCUT2D eigenvalue weighted by Gasteiger charge is -2.12. The highest BCUT2D eigenvalue weighted by Gasteiger charge is 2.18. The molecular weight excluding hydrogens is 398 g/mol. The lowest BCUT2D eigenvalue weighted by atomic mass is 10.1. The van der Waals surface area contributed by atoms with Gasteiger partial charge in [0.2, 0.25) is 5.91 Å². The second-order valence-electron chi connectivity index (χ2n) is 6.85. The number of thioether (sulfide) groups is 1. The predicted molar refractivity (Wildman–Crippen MR) is 115 cm³/mol. The van der Waals surface area contributed by atoms with Crippen molar-refractivity contribution in [3.05, 3.63) is 77.9 Å². The van der Waals surface area contributed by atoms with Gasteiger partial charge in [-0.15, -0.1) is 10.2 Å². The molecule has 0 radical (unpaired) electrons. The molecular formula is C22H21N5O2S. The number of carbonyl (C=O) groups excluding carboxylic acids is 1. The van der Waals surface area contributed by atoms with E-state index in [4.69, 9.17) is 4.42 Å². The summed E-state index contributed by atoms with van der Waals surface area (Å²) in [5, 5.41) is 12.2. The number of nitrogens with zero attached hydrogens (tertiary/aromatic N) is 4. The van der Waals surface area contributed by atoms with Crippen molar-refractivity contribution in [2.75, 3.05) is 5.75 Å². The van der Waals surface area contributed by atoms with Crippen LogP contribution in [0.15, 0.2) is 70.6 Å².